The van der Waals surface area contributed by atoms with Crippen molar-refractivity contribution in [1.29, 1.82) is 0 Å². The van der Waals surface area contributed by atoms with E-state index in [9.17, 15) is 0 Å². The Hall–Kier alpha value is -0.770. The molecule has 1 atom stereocenters. The van der Waals surface area contributed by atoms with E-state index in [1.54, 1.807) is 0 Å². The van der Waals surface area contributed by atoms with Crippen molar-refractivity contribution in [3.05, 3.63) is 68.7 Å². The molecule has 0 bridgehead atoms. The molecular formula is C18H19Cl3N2. The lowest BCUT2D eigenvalue weighted by molar-refractivity contribution is 0.241. The largest absolute Gasteiger partial charge is 0.315 e. The first-order chi connectivity index (χ1) is 11.2. The predicted octanol–water partition coefficient (Wildman–Crippen LogP) is 5.03. The summed E-state index contributed by atoms with van der Waals surface area (Å²) in [7, 11) is 0. The molecule has 1 aliphatic rings. The first-order valence-corrected chi connectivity index (χ1v) is 8.95. The van der Waals surface area contributed by atoms with Gasteiger partial charge >= 0.3 is 0 Å². The van der Waals surface area contributed by atoms with E-state index in [1.165, 1.54) is 0 Å². The molecule has 0 amide bonds. The van der Waals surface area contributed by atoms with Gasteiger partial charge in [-0.1, -0.05) is 65.1 Å². The molecule has 1 fully saturated rings. The third kappa shape index (κ3) is 3.84. The minimum atomic E-state index is 0.00907. The van der Waals surface area contributed by atoms with E-state index in [2.05, 4.69) is 16.3 Å². The third-order valence-electron chi connectivity index (χ3n) is 4.22. The van der Waals surface area contributed by atoms with Gasteiger partial charge in [-0.2, -0.15) is 0 Å². The molecule has 0 saturated carbocycles. The smallest absolute Gasteiger partial charge is 0.0643 e. The Kier molecular flexibility index (Phi) is 5.84. The van der Waals surface area contributed by atoms with Gasteiger partial charge in [0.15, 0.2) is 0 Å². The molecule has 1 aliphatic heterocycles. The number of benzene rings is 2. The molecule has 2 aromatic carbocycles. The predicted molar refractivity (Wildman–Crippen MR) is 98.8 cm³/mol. The van der Waals surface area contributed by atoms with Crippen LogP contribution in [0.4, 0.5) is 0 Å². The molecule has 1 unspecified atom stereocenters. The Balaban J connectivity index is 2.09. The van der Waals surface area contributed by atoms with E-state index in [0.717, 1.165) is 48.7 Å². The Morgan fingerprint density at radius 2 is 1.57 bits per heavy atom. The van der Waals surface area contributed by atoms with Crippen molar-refractivity contribution in [1.82, 2.24) is 10.2 Å². The molecule has 23 heavy (non-hydrogen) atoms. The molecule has 1 N–H and O–H groups in total. The second kappa shape index (κ2) is 7.87. The maximum absolute atomic E-state index is 6.53. The van der Waals surface area contributed by atoms with Gasteiger partial charge in [-0.05, 0) is 36.2 Å². The Labute approximate surface area is 152 Å². The molecule has 0 aliphatic carbocycles. The van der Waals surface area contributed by atoms with Crippen LogP contribution in [0.25, 0.3) is 0 Å². The van der Waals surface area contributed by atoms with Crippen LogP contribution in [0.5, 0.6) is 0 Å². The van der Waals surface area contributed by atoms with E-state index in [4.69, 9.17) is 34.8 Å². The highest BCUT2D eigenvalue weighted by molar-refractivity contribution is 6.42. The maximum Gasteiger partial charge on any atom is 0.0643 e. The number of hydrogen-bond acceptors (Lipinski definition) is 2. The molecule has 0 spiro atoms. The molecule has 5 heteroatoms. The zero-order chi connectivity index (χ0) is 16.2. The van der Waals surface area contributed by atoms with Gasteiger partial charge in [0.05, 0.1) is 16.1 Å². The highest BCUT2D eigenvalue weighted by atomic mass is 35.5. The van der Waals surface area contributed by atoms with Crippen LogP contribution in [0.2, 0.25) is 15.1 Å². The Morgan fingerprint density at radius 1 is 0.826 bits per heavy atom. The first kappa shape index (κ1) is 17.1. The van der Waals surface area contributed by atoms with Gasteiger partial charge in [0.2, 0.25) is 0 Å². The van der Waals surface area contributed by atoms with Crippen molar-refractivity contribution in [3.8, 4) is 0 Å². The summed E-state index contributed by atoms with van der Waals surface area (Å²) in [5, 5.41) is 5.38. The van der Waals surface area contributed by atoms with Gasteiger partial charge in [0.25, 0.3) is 0 Å². The summed E-state index contributed by atoms with van der Waals surface area (Å²) in [5.41, 5.74) is 2.08. The average Bonchev–Trinajstić information content (AvgIpc) is 2.83. The molecule has 2 nitrogen and oxygen atoms in total. The lowest BCUT2D eigenvalue weighted by Gasteiger charge is -2.32. The Morgan fingerprint density at radius 3 is 2.39 bits per heavy atom. The quantitative estimate of drug-likeness (QED) is 0.816. The fraction of sp³-hybridized carbons (Fsp3) is 0.333. The highest BCUT2D eigenvalue weighted by Gasteiger charge is 2.27. The van der Waals surface area contributed by atoms with Gasteiger partial charge in [-0.3, -0.25) is 4.90 Å². The summed E-state index contributed by atoms with van der Waals surface area (Å²) in [4.78, 5) is 2.43. The topological polar surface area (TPSA) is 15.3 Å². The van der Waals surface area contributed by atoms with Crippen molar-refractivity contribution >= 4 is 34.8 Å². The summed E-state index contributed by atoms with van der Waals surface area (Å²) in [6.07, 6.45) is 1.10. The van der Waals surface area contributed by atoms with Crippen LogP contribution in [-0.4, -0.2) is 31.1 Å². The summed E-state index contributed by atoms with van der Waals surface area (Å²) in [5.74, 6) is 0. The SMILES string of the molecule is Clc1ccccc1C(c1cccc(Cl)c1Cl)N1CCCNCC1. The molecule has 0 aromatic heterocycles. The van der Waals surface area contributed by atoms with E-state index >= 15 is 0 Å². The summed E-state index contributed by atoms with van der Waals surface area (Å²) in [6, 6.07) is 13.8. The number of halogens is 3. The maximum atomic E-state index is 6.53. The fourth-order valence-electron chi connectivity index (χ4n) is 3.11. The van der Waals surface area contributed by atoms with Crippen molar-refractivity contribution in [2.75, 3.05) is 26.2 Å². The lowest BCUT2D eigenvalue weighted by Crippen LogP contribution is -2.33. The monoisotopic (exact) mass is 368 g/mol. The van der Waals surface area contributed by atoms with E-state index < -0.39 is 0 Å². The van der Waals surface area contributed by atoms with Crippen LogP contribution in [-0.2, 0) is 0 Å². The van der Waals surface area contributed by atoms with Crippen LogP contribution in [0, 0.1) is 0 Å². The molecule has 1 saturated heterocycles. The standard InChI is InChI=1S/C18H19Cl3N2/c19-15-7-2-1-5-13(15)18(23-11-4-9-22-10-12-23)14-6-3-8-16(20)17(14)21/h1-3,5-8,18,22H,4,9-12H2. The zero-order valence-electron chi connectivity index (χ0n) is 12.7. The minimum absolute atomic E-state index is 0.00907. The van der Waals surface area contributed by atoms with Crippen LogP contribution in [0.15, 0.2) is 42.5 Å². The highest BCUT2D eigenvalue weighted by Crippen LogP contribution is 2.39. The molecule has 3 rings (SSSR count). The molecule has 0 radical (unpaired) electrons. The van der Waals surface area contributed by atoms with Gasteiger partial charge < -0.3 is 5.32 Å². The van der Waals surface area contributed by atoms with Gasteiger partial charge in [0.1, 0.15) is 0 Å². The minimum Gasteiger partial charge on any atom is -0.315 e. The van der Waals surface area contributed by atoms with Crippen LogP contribution >= 0.6 is 34.8 Å². The van der Waals surface area contributed by atoms with Crippen molar-refractivity contribution in [2.45, 2.75) is 12.5 Å². The number of rotatable bonds is 3. The fourth-order valence-corrected chi connectivity index (χ4v) is 3.76. The number of nitrogens with one attached hydrogen (secondary N) is 1. The van der Waals surface area contributed by atoms with Crippen LogP contribution in [0.1, 0.15) is 23.6 Å². The average molecular weight is 370 g/mol. The molecular weight excluding hydrogens is 351 g/mol. The Bertz CT molecular complexity index is 667. The molecule has 122 valence electrons. The zero-order valence-corrected chi connectivity index (χ0v) is 15.0. The number of hydrogen-bond donors (Lipinski definition) is 1. The first-order valence-electron chi connectivity index (χ1n) is 7.81. The molecule has 2 aromatic rings. The third-order valence-corrected chi connectivity index (χ3v) is 5.39. The normalized spacial score (nSPS) is 17.7. The lowest BCUT2D eigenvalue weighted by atomic mass is 9.96. The van der Waals surface area contributed by atoms with E-state index in [-0.39, 0.29) is 6.04 Å². The second-order valence-electron chi connectivity index (χ2n) is 5.71. The number of nitrogens with zero attached hydrogens (tertiary/aromatic N) is 1. The van der Waals surface area contributed by atoms with Crippen molar-refractivity contribution in [2.24, 2.45) is 0 Å². The summed E-state index contributed by atoms with van der Waals surface area (Å²) < 4.78 is 0. The van der Waals surface area contributed by atoms with Gasteiger partial charge in [-0.15, -0.1) is 0 Å². The van der Waals surface area contributed by atoms with E-state index in [1.807, 2.05) is 36.4 Å². The van der Waals surface area contributed by atoms with Crippen molar-refractivity contribution < 1.29 is 0 Å². The van der Waals surface area contributed by atoms with Gasteiger partial charge in [0, 0.05) is 24.7 Å². The van der Waals surface area contributed by atoms with E-state index in [0.29, 0.717) is 10.0 Å². The summed E-state index contributed by atoms with van der Waals surface area (Å²) >= 11 is 19.3. The second-order valence-corrected chi connectivity index (χ2v) is 6.90. The van der Waals surface area contributed by atoms with Gasteiger partial charge in [-0.25, -0.2) is 0 Å². The van der Waals surface area contributed by atoms with Crippen LogP contribution < -0.4 is 5.32 Å². The van der Waals surface area contributed by atoms with Crippen molar-refractivity contribution in [3.63, 3.8) is 0 Å². The van der Waals surface area contributed by atoms with Crippen LogP contribution in [0.3, 0.4) is 0 Å². The molecule has 1 heterocycles. The summed E-state index contributed by atoms with van der Waals surface area (Å²) in [6.45, 7) is 3.93.